The van der Waals surface area contributed by atoms with Gasteiger partial charge >= 0.3 is 0 Å². The Balaban J connectivity index is 2.37. The SMILES string of the molecule is COc1cc2c(cc1Cl)C(C)CN(C(C)=O)CC2. The second kappa shape index (κ2) is 5.19. The average Bonchev–Trinajstić information content (AvgIpc) is 2.49. The van der Waals surface area contributed by atoms with Crippen LogP contribution in [0.1, 0.15) is 30.9 Å². The van der Waals surface area contributed by atoms with Crippen LogP contribution in [0, 0.1) is 0 Å². The van der Waals surface area contributed by atoms with Gasteiger partial charge in [-0.3, -0.25) is 4.79 Å². The van der Waals surface area contributed by atoms with Gasteiger partial charge in [-0.05, 0) is 35.6 Å². The van der Waals surface area contributed by atoms with Crippen molar-refractivity contribution in [3.05, 3.63) is 28.3 Å². The average molecular weight is 268 g/mol. The molecule has 1 aromatic rings. The van der Waals surface area contributed by atoms with E-state index < -0.39 is 0 Å². The first-order valence-corrected chi connectivity index (χ1v) is 6.52. The highest BCUT2D eigenvalue weighted by atomic mass is 35.5. The molecule has 0 radical (unpaired) electrons. The lowest BCUT2D eigenvalue weighted by molar-refractivity contribution is -0.128. The van der Waals surface area contributed by atoms with Gasteiger partial charge in [0.1, 0.15) is 5.75 Å². The number of rotatable bonds is 1. The fourth-order valence-electron chi connectivity index (χ4n) is 2.50. The van der Waals surface area contributed by atoms with Crippen LogP contribution in [0.15, 0.2) is 12.1 Å². The quantitative estimate of drug-likeness (QED) is 0.783. The number of benzene rings is 1. The van der Waals surface area contributed by atoms with Crippen molar-refractivity contribution >= 4 is 17.5 Å². The van der Waals surface area contributed by atoms with Gasteiger partial charge in [0.25, 0.3) is 0 Å². The molecule has 0 saturated heterocycles. The highest BCUT2D eigenvalue weighted by Crippen LogP contribution is 2.34. The predicted molar refractivity (Wildman–Crippen MR) is 72.4 cm³/mol. The summed E-state index contributed by atoms with van der Waals surface area (Å²) >= 11 is 6.17. The summed E-state index contributed by atoms with van der Waals surface area (Å²) in [6, 6.07) is 3.97. The van der Waals surface area contributed by atoms with Crippen molar-refractivity contribution in [1.29, 1.82) is 0 Å². The van der Waals surface area contributed by atoms with Crippen LogP contribution in [0.2, 0.25) is 5.02 Å². The molecule has 0 fully saturated rings. The number of carbonyl (C=O) groups excluding carboxylic acids is 1. The number of carbonyl (C=O) groups is 1. The minimum Gasteiger partial charge on any atom is -0.495 e. The molecule has 1 heterocycles. The first-order valence-electron chi connectivity index (χ1n) is 6.14. The van der Waals surface area contributed by atoms with Crippen molar-refractivity contribution < 1.29 is 9.53 Å². The van der Waals surface area contributed by atoms with Gasteiger partial charge < -0.3 is 9.64 Å². The smallest absolute Gasteiger partial charge is 0.219 e. The fraction of sp³-hybridized carbons (Fsp3) is 0.500. The van der Waals surface area contributed by atoms with Crippen LogP contribution in [-0.4, -0.2) is 31.0 Å². The maximum absolute atomic E-state index is 11.5. The lowest BCUT2D eigenvalue weighted by Crippen LogP contribution is -2.32. The van der Waals surface area contributed by atoms with Crippen molar-refractivity contribution in [2.24, 2.45) is 0 Å². The third kappa shape index (κ3) is 2.46. The largest absolute Gasteiger partial charge is 0.495 e. The van der Waals surface area contributed by atoms with Gasteiger partial charge in [0.2, 0.25) is 5.91 Å². The van der Waals surface area contributed by atoms with E-state index in [4.69, 9.17) is 16.3 Å². The van der Waals surface area contributed by atoms with Crippen LogP contribution in [0.25, 0.3) is 0 Å². The van der Waals surface area contributed by atoms with E-state index >= 15 is 0 Å². The Hall–Kier alpha value is -1.22. The number of hydrogen-bond acceptors (Lipinski definition) is 2. The molecule has 0 saturated carbocycles. The van der Waals surface area contributed by atoms with Gasteiger partial charge in [-0.2, -0.15) is 0 Å². The fourth-order valence-corrected chi connectivity index (χ4v) is 2.75. The Labute approximate surface area is 113 Å². The maximum atomic E-state index is 11.5. The first-order chi connectivity index (χ1) is 8.52. The van der Waals surface area contributed by atoms with Crippen molar-refractivity contribution in [2.45, 2.75) is 26.2 Å². The molecule has 1 aliphatic rings. The zero-order valence-corrected chi connectivity index (χ0v) is 11.8. The van der Waals surface area contributed by atoms with Crippen molar-refractivity contribution in [3.63, 3.8) is 0 Å². The van der Waals surface area contributed by atoms with E-state index in [0.29, 0.717) is 16.7 Å². The summed E-state index contributed by atoms with van der Waals surface area (Å²) in [7, 11) is 1.62. The number of ether oxygens (including phenoxy) is 1. The molecule has 0 N–H and O–H groups in total. The third-order valence-corrected chi connectivity index (χ3v) is 3.83. The number of nitrogens with zero attached hydrogens (tertiary/aromatic N) is 1. The van der Waals surface area contributed by atoms with Crippen molar-refractivity contribution in [2.75, 3.05) is 20.2 Å². The minimum absolute atomic E-state index is 0.132. The van der Waals surface area contributed by atoms with Gasteiger partial charge in [0.05, 0.1) is 12.1 Å². The van der Waals surface area contributed by atoms with E-state index in [1.807, 2.05) is 17.0 Å². The molecule has 3 nitrogen and oxygen atoms in total. The second-order valence-electron chi connectivity index (χ2n) is 4.80. The van der Waals surface area contributed by atoms with E-state index in [-0.39, 0.29) is 5.91 Å². The van der Waals surface area contributed by atoms with Gasteiger partial charge in [-0.25, -0.2) is 0 Å². The molecule has 1 aromatic carbocycles. The summed E-state index contributed by atoms with van der Waals surface area (Å²) < 4.78 is 5.25. The second-order valence-corrected chi connectivity index (χ2v) is 5.21. The molecule has 18 heavy (non-hydrogen) atoms. The molecule has 0 aliphatic carbocycles. The van der Waals surface area contributed by atoms with Crippen LogP contribution >= 0.6 is 11.6 Å². The topological polar surface area (TPSA) is 29.5 Å². The van der Waals surface area contributed by atoms with E-state index in [1.165, 1.54) is 11.1 Å². The summed E-state index contributed by atoms with van der Waals surface area (Å²) in [4.78, 5) is 13.4. The Morgan fingerprint density at radius 1 is 1.50 bits per heavy atom. The van der Waals surface area contributed by atoms with Crippen LogP contribution in [0.3, 0.4) is 0 Å². The van der Waals surface area contributed by atoms with Crippen LogP contribution in [0.5, 0.6) is 5.75 Å². The van der Waals surface area contributed by atoms with Gasteiger partial charge in [0, 0.05) is 20.0 Å². The van der Waals surface area contributed by atoms with E-state index in [9.17, 15) is 4.79 Å². The number of methoxy groups -OCH3 is 1. The summed E-state index contributed by atoms with van der Waals surface area (Å²) in [6.07, 6.45) is 0.854. The standard InChI is InChI=1S/C14H18ClNO2/c1-9-8-16(10(2)17)5-4-11-6-14(18-3)13(15)7-12(9)11/h6-7,9H,4-5,8H2,1-3H3. The summed E-state index contributed by atoms with van der Waals surface area (Å²) in [5.74, 6) is 1.14. The molecular formula is C14H18ClNO2. The zero-order chi connectivity index (χ0) is 13.3. The van der Waals surface area contributed by atoms with Crippen molar-refractivity contribution in [3.8, 4) is 5.75 Å². The molecule has 0 aromatic heterocycles. The summed E-state index contributed by atoms with van der Waals surface area (Å²) in [5, 5.41) is 0.638. The lowest BCUT2D eigenvalue weighted by atomic mass is 9.95. The number of hydrogen-bond donors (Lipinski definition) is 0. The molecule has 4 heteroatoms. The minimum atomic E-state index is 0.132. The molecule has 0 bridgehead atoms. The van der Waals surface area contributed by atoms with Gasteiger partial charge in [-0.1, -0.05) is 18.5 Å². The van der Waals surface area contributed by atoms with E-state index in [0.717, 1.165) is 19.5 Å². The van der Waals surface area contributed by atoms with Crippen LogP contribution in [0.4, 0.5) is 0 Å². The zero-order valence-electron chi connectivity index (χ0n) is 11.0. The van der Waals surface area contributed by atoms with Gasteiger partial charge in [-0.15, -0.1) is 0 Å². The Morgan fingerprint density at radius 3 is 2.83 bits per heavy atom. The van der Waals surface area contributed by atoms with E-state index in [1.54, 1.807) is 14.0 Å². The molecule has 1 unspecified atom stereocenters. The molecule has 0 spiro atoms. The molecule has 1 amide bonds. The molecule has 1 atom stereocenters. The molecule has 2 rings (SSSR count). The van der Waals surface area contributed by atoms with Crippen LogP contribution in [-0.2, 0) is 11.2 Å². The van der Waals surface area contributed by atoms with E-state index in [2.05, 4.69) is 6.92 Å². The van der Waals surface area contributed by atoms with Gasteiger partial charge in [0.15, 0.2) is 0 Å². The molecule has 1 aliphatic heterocycles. The monoisotopic (exact) mass is 267 g/mol. The molecule has 98 valence electrons. The normalized spacial score (nSPS) is 19.1. The maximum Gasteiger partial charge on any atom is 0.219 e. The summed E-state index contributed by atoms with van der Waals surface area (Å²) in [6.45, 7) is 5.27. The third-order valence-electron chi connectivity index (χ3n) is 3.54. The predicted octanol–water partition coefficient (Wildman–Crippen LogP) is 2.86. The number of fused-ring (bicyclic) bond motifs is 1. The Morgan fingerprint density at radius 2 is 2.22 bits per heavy atom. The molecular weight excluding hydrogens is 250 g/mol. The Bertz CT molecular complexity index is 473. The highest BCUT2D eigenvalue weighted by molar-refractivity contribution is 6.32. The Kier molecular flexibility index (Phi) is 3.81. The first kappa shape index (κ1) is 13.2. The van der Waals surface area contributed by atoms with Crippen molar-refractivity contribution in [1.82, 2.24) is 4.90 Å². The number of halogens is 1. The number of amides is 1. The highest BCUT2D eigenvalue weighted by Gasteiger charge is 2.22. The van der Waals surface area contributed by atoms with Crippen LogP contribution < -0.4 is 4.74 Å². The lowest BCUT2D eigenvalue weighted by Gasteiger charge is -2.21. The summed E-state index contributed by atoms with van der Waals surface area (Å²) in [5.41, 5.74) is 2.46.